The van der Waals surface area contributed by atoms with Gasteiger partial charge in [0.05, 0.1) is 5.60 Å². The molecule has 0 fully saturated rings. The molecule has 2 heteroatoms. The first-order chi connectivity index (χ1) is 4.60. The van der Waals surface area contributed by atoms with Crippen LogP contribution < -0.4 is 0 Å². The molecule has 10 heavy (non-hydrogen) atoms. The summed E-state index contributed by atoms with van der Waals surface area (Å²) >= 11 is 0. The van der Waals surface area contributed by atoms with Crippen LogP contribution >= 0.6 is 0 Å². The maximum absolute atomic E-state index is 5.46. The Morgan fingerprint density at radius 3 is 2.40 bits per heavy atom. The molecule has 0 spiro atoms. The fourth-order valence-electron chi connectivity index (χ4n) is 0.891. The molecule has 0 aromatic heterocycles. The van der Waals surface area contributed by atoms with E-state index in [1.807, 2.05) is 6.08 Å². The maximum Gasteiger partial charge on any atom is 0.147 e. The normalized spacial score (nSPS) is 19.9. The third-order valence-corrected chi connectivity index (χ3v) is 3.32. The average molecular weight is 158 g/mol. The number of hydrogen-bond acceptors (Lipinski definition) is 1. The van der Waals surface area contributed by atoms with Crippen molar-refractivity contribution in [2.75, 3.05) is 0 Å². The van der Waals surface area contributed by atoms with Gasteiger partial charge in [0.1, 0.15) is 10.5 Å². The third-order valence-electron chi connectivity index (χ3n) is 2.44. The van der Waals surface area contributed by atoms with Gasteiger partial charge in [-0.05, 0) is 12.8 Å². The van der Waals surface area contributed by atoms with Crippen molar-refractivity contribution in [1.82, 2.24) is 0 Å². The molecule has 60 valence electrons. The monoisotopic (exact) mass is 158 g/mol. The summed E-state index contributed by atoms with van der Waals surface area (Å²) in [5.41, 5.74) is -0.0824. The van der Waals surface area contributed by atoms with E-state index in [4.69, 9.17) is 4.43 Å². The van der Waals surface area contributed by atoms with Crippen molar-refractivity contribution in [3.05, 3.63) is 12.7 Å². The lowest BCUT2D eigenvalue weighted by atomic mass is 9.89. The van der Waals surface area contributed by atoms with Gasteiger partial charge < -0.3 is 4.43 Å². The Morgan fingerprint density at radius 1 is 1.80 bits per heavy atom. The van der Waals surface area contributed by atoms with Crippen molar-refractivity contribution >= 4 is 10.5 Å². The summed E-state index contributed by atoms with van der Waals surface area (Å²) in [6.45, 7) is 10.2. The van der Waals surface area contributed by atoms with Crippen LogP contribution in [0.4, 0.5) is 0 Å². The topological polar surface area (TPSA) is 9.23 Å². The first kappa shape index (κ1) is 9.92. The first-order valence-electron chi connectivity index (χ1n) is 3.79. The van der Waals surface area contributed by atoms with E-state index >= 15 is 0 Å². The minimum Gasteiger partial charge on any atom is -0.419 e. The van der Waals surface area contributed by atoms with Crippen molar-refractivity contribution in [2.45, 2.75) is 32.8 Å². The molecule has 2 unspecified atom stereocenters. The lowest BCUT2D eigenvalue weighted by molar-refractivity contribution is 0.0910. The van der Waals surface area contributed by atoms with E-state index in [9.17, 15) is 0 Å². The van der Waals surface area contributed by atoms with Crippen molar-refractivity contribution in [1.29, 1.82) is 0 Å². The Labute approximate surface area is 67.0 Å². The molecule has 0 aromatic carbocycles. The summed E-state index contributed by atoms with van der Waals surface area (Å²) in [6.07, 6.45) is 3.05. The zero-order chi connectivity index (χ0) is 8.20. The van der Waals surface area contributed by atoms with Crippen LogP contribution in [0.15, 0.2) is 12.7 Å². The van der Waals surface area contributed by atoms with Gasteiger partial charge in [-0.1, -0.05) is 26.3 Å². The quantitative estimate of drug-likeness (QED) is 0.442. The zero-order valence-electron chi connectivity index (χ0n) is 7.48. The minimum atomic E-state index is -0.0824. The molecule has 0 N–H and O–H groups in total. The first-order valence-corrected chi connectivity index (χ1v) is 4.61. The fourth-order valence-corrected chi connectivity index (χ4v) is 1.46. The summed E-state index contributed by atoms with van der Waals surface area (Å²) in [4.78, 5) is 0. The molecule has 0 radical (unpaired) electrons. The van der Waals surface area contributed by atoms with E-state index in [1.165, 1.54) is 0 Å². The van der Waals surface area contributed by atoms with Gasteiger partial charge in [-0.3, -0.25) is 0 Å². The largest absolute Gasteiger partial charge is 0.419 e. The Kier molecular flexibility index (Phi) is 3.90. The van der Waals surface area contributed by atoms with Crippen LogP contribution in [-0.4, -0.2) is 16.1 Å². The van der Waals surface area contributed by atoms with Gasteiger partial charge in [0, 0.05) is 0 Å². The van der Waals surface area contributed by atoms with Crippen LogP contribution in [0.2, 0.25) is 0 Å². The molecule has 0 amide bonds. The standard InChI is InChI=1S/C8H18OSi/c1-5-7(3)8(4,6-2)9-10/h6-7H,2,5H2,1,3-4,10H3. The van der Waals surface area contributed by atoms with Crippen LogP contribution in [0, 0.1) is 5.92 Å². The van der Waals surface area contributed by atoms with Gasteiger partial charge in [-0.25, -0.2) is 0 Å². The molecule has 1 nitrogen and oxygen atoms in total. The molecular formula is C8H18OSi. The van der Waals surface area contributed by atoms with Crippen LogP contribution in [0.3, 0.4) is 0 Å². The van der Waals surface area contributed by atoms with Gasteiger partial charge in [0.15, 0.2) is 0 Å². The van der Waals surface area contributed by atoms with E-state index in [-0.39, 0.29) is 5.60 Å². The summed E-state index contributed by atoms with van der Waals surface area (Å²) in [6, 6.07) is 0. The maximum atomic E-state index is 5.46. The smallest absolute Gasteiger partial charge is 0.147 e. The second-order valence-corrected chi connectivity index (χ2v) is 3.31. The highest BCUT2D eigenvalue weighted by molar-refractivity contribution is 5.98. The molecule has 0 heterocycles. The predicted octanol–water partition coefficient (Wildman–Crippen LogP) is 1.27. The predicted molar refractivity (Wildman–Crippen MR) is 49.1 cm³/mol. The van der Waals surface area contributed by atoms with Gasteiger partial charge in [0.2, 0.25) is 0 Å². The second-order valence-electron chi connectivity index (χ2n) is 2.90. The average Bonchev–Trinajstić information content (AvgIpc) is 2.01. The molecule has 0 saturated carbocycles. The molecule has 2 atom stereocenters. The van der Waals surface area contributed by atoms with Crippen LogP contribution in [0.25, 0.3) is 0 Å². The molecule has 0 aliphatic carbocycles. The van der Waals surface area contributed by atoms with Crippen LogP contribution in [0.1, 0.15) is 27.2 Å². The van der Waals surface area contributed by atoms with Crippen molar-refractivity contribution in [2.24, 2.45) is 5.92 Å². The second kappa shape index (κ2) is 3.94. The van der Waals surface area contributed by atoms with Gasteiger partial charge in [-0.2, -0.15) is 0 Å². The highest BCUT2D eigenvalue weighted by atomic mass is 28.2. The Morgan fingerprint density at radius 2 is 2.30 bits per heavy atom. The lowest BCUT2D eigenvalue weighted by Gasteiger charge is -2.31. The SMILES string of the molecule is C=CC(C)(O[SiH3])C(C)CC. The molecule has 0 bridgehead atoms. The summed E-state index contributed by atoms with van der Waals surface area (Å²) < 4.78 is 5.46. The van der Waals surface area contributed by atoms with E-state index in [2.05, 4.69) is 27.4 Å². The molecule has 0 aromatic rings. The van der Waals surface area contributed by atoms with Crippen molar-refractivity contribution < 1.29 is 4.43 Å². The van der Waals surface area contributed by atoms with Gasteiger partial charge >= 0.3 is 0 Å². The highest BCUT2D eigenvalue weighted by Crippen LogP contribution is 2.23. The van der Waals surface area contributed by atoms with E-state index in [0.717, 1.165) is 16.9 Å². The molecular weight excluding hydrogens is 140 g/mol. The van der Waals surface area contributed by atoms with Gasteiger partial charge in [-0.15, -0.1) is 6.58 Å². The van der Waals surface area contributed by atoms with Gasteiger partial charge in [0.25, 0.3) is 0 Å². The summed E-state index contributed by atoms with van der Waals surface area (Å²) in [7, 11) is 0.788. The highest BCUT2D eigenvalue weighted by Gasteiger charge is 2.24. The third kappa shape index (κ3) is 1.96. The van der Waals surface area contributed by atoms with Crippen LogP contribution in [-0.2, 0) is 4.43 Å². The summed E-state index contributed by atoms with van der Waals surface area (Å²) in [5.74, 6) is 0.572. The van der Waals surface area contributed by atoms with E-state index in [1.54, 1.807) is 0 Å². The lowest BCUT2D eigenvalue weighted by Crippen LogP contribution is -2.32. The van der Waals surface area contributed by atoms with E-state index in [0.29, 0.717) is 5.92 Å². The van der Waals surface area contributed by atoms with Crippen molar-refractivity contribution in [3.63, 3.8) is 0 Å². The van der Waals surface area contributed by atoms with Crippen LogP contribution in [0.5, 0.6) is 0 Å². The molecule has 0 aliphatic rings. The minimum absolute atomic E-state index is 0.0824. The number of rotatable bonds is 4. The molecule has 0 aliphatic heterocycles. The Hall–Kier alpha value is -0.0831. The Balaban J connectivity index is 4.16. The Bertz CT molecular complexity index is 114. The molecule has 0 saturated heterocycles. The molecule has 0 rings (SSSR count). The summed E-state index contributed by atoms with van der Waals surface area (Å²) in [5, 5.41) is 0. The fraction of sp³-hybridized carbons (Fsp3) is 0.750. The number of hydrogen-bond donors (Lipinski definition) is 0. The van der Waals surface area contributed by atoms with E-state index < -0.39 is 0 Å². The zero-order valence-corrected chi connectivity index (χ0v) is 9.48. The van der Waals surface area contributed by atoms with Crippen molar-refractivity contribution in [3.8, 4) is 0 Å².